The molecular weight excluding hydrogens is 236 g/mol. The Morgan fingerprint density at radius 2 is 1.71 bits per heavy atom. The lowest BCUT2D eigenvalue weighted by Gasteiger charge is -2.38. The molecule has 0 heterocycles. The Bertz CT molecular complexity index is 246. The van der Waals surface area contributed by atoms with Crippen LogP contribution in [0.3, 0.4) is 0 Å². The third-order valence-corrected chi connectivity index (χ3v) is 4.19. The summed E-state index contributed by atoms with van der Waals surface area (Å²) in [6.07, 6.45) is 10.5. The average Bonchev–Trinajstić information content (AvgIpc) is 2.51. The molecule has 17 heavy (non-hydrogen) atoms. The highest BCUT2D eigenvalue weighted by Crippen LogP contribution is 2.28. The fourth-order valence-electron chi connectivity index (χ4n) is 2.76. The van der Waals surface area contributed by atoms with Crippen LogP contribution in [0, 0.1) is 5.92 Å². The molecule has 2 fully saturated rings. The van der Waals surface area contributed by atoms with E-state index in [-0.39, 0.29) is 29.8 Å². The number of nitrogens with two attached hydrogens (primary N) is 1. The molecule has 2 rings (SSSR count). The number of hydrogen-bond acceptors (Lipinski definition) is 2. The Balaban J connectivity index is 0.00000144. The highest BCUT2D eigenvalue weighted by atomic mass is 35.5. The third kappa shape index (κ3) is 4.14. The predicted molar refractivity (Wildman–Crippen MR) is 72.2 cm³/mol. The van der Waals surface area contributed by atoms with E-state index >= 15 is 0 Å². The molecule has 0 spiro atoms. The molecule has 0 unspecified atom stereocenters. The van der Waals surface area contributed by atoms with Crippen LogP contribution in [0.15, 0.2) is 0 Å². The van der Waals surface area contributed by atoms with E-state index in [4.69, 9.17) is 5.73 Å². The molecule has 3 nitrogen and oxygen atoms in total. The first kappa shape index (κ1) is 14.8. The Morgan fingerprint density at radius 1 is 1.12 bits per heavy atom. The highest BCUT2D eigenvalue weighted by Gasteiger charge is 2.33. The average molecular weight is 261 g/mol. The molecule has 4 heteroatoms. The van der Waals surface area contributed by atoms with Gasteiger partial charge in [0.2, 0.25) is 5.91 Å². The molecule has 1 amide bonds. The van der Waals surface area contributed by atoms with Crippen LogP contribution in [0.1, 0.15) is 57.8 Å². The van der Waals surface area contributed by atoms with Crippen LogP contribution >= 0.6 is 12.4 Å². The smallest absolute Gasteiger partial charge is 0.223 e. The van der Waals surface area contributed by atoms with Crippen molar-refractivity contribution in [2.75, 3.05) is 6.54 Å². The Labute approximate surface area is 110 Å². The van der Waals surface area contributed by atoms with Gasteiger partial charge in [0.1, 0.15) is 0 Å². The van der Waals surface area contributed by atoms with Crippen molar-refractivity contribution in [2.45, 2.75) is 63.3 Å². The zero-order chi connectivity index (χ0) is 11.4. The summed E-state index contributed by atoms with van der Waals surface area (Å²) in [5.41, 5.74) is 6.01. The molecule has 2 aliphatic rings. The van der Waals surface area contributed by atoms with Crippen molar-refractivity contribution >= 4 is 18.3 Å². The number of carbonyl (C=O) groups excluding carboxylic acids is 1. The van der Waals surface area contributed by atoms with Gasteiger partial charge in [0.05, 0.1) is 0 Å². The monoisotopic (exact) mass is 260 g/mol. The Hall–Kier alpha value is -0.280. The van der Waals surface area contributed by atoms with E-state index in [9.17, 15) is 4.79 Å². The molecule has 2 aliphatic carbocycles. The largest absolute Gasteiger partial charge is 0.354 e. The summed E-state index contributed by atoms with van der Waals surface area (Å²) in [5, 5.41) is 3.06. The van der Waals surface area contributed by atoms with E-state index < -0.39 is 0 Å². The van der Waals surface area contributed by atoms with Gasteiger partial charge < -0.3 is 11.1 Å². The van der Waals surface area contributed by atoms with Gasteiger partial charge in [0, 0.05) is 18.0 Å². The standard InChI is InChI=1S/C13H24N2O.ClH/c14-13(8-5-9-13)10-15-12(16)11-6-3-1-2-4-7-11;/h11H,1-10,14H2,(H,15,16);1H. The highest BCUT2D eigenvalue weighted by molar-refractivity contribution is 5.85. The first-order valence-corrected chi connectivity index (χ1v) is 6.76. The lowest BCUT2D eigenvalue weighted by molar-refractivity contribution is -0.125. The molecule has 0 aromatic heterocycles. The van der Waals surface area contributed by atoms with Gasteiger partial charge in [-0.3, -0.25) is 4.79 Å². The number of nitrogens with one attached hydrogen (secondary N) is 1. The first-order chi connectivity index (χ1) is 7.70. The van der Waals surface area contributed by atoms with Gasteiger partial charge in [-0.15, -0.1) is 12.4 Å². The zero-order valence-corrected chi connectivity index (χ0v) is 11.4. The molecule has 0 aliphatic heterocycles. The SMILES string of the molecule is Cl.NC1(CNC(=O)C2CCCCCC2)CCC1. The molecule has 100 valence electrons. The van der Waals surface area contributed by atoms with Crippen molar-refractivity contribution in [3.05, 3.63) is 0 Å². The molecule has 0 bridgehead atoms. The van der Waals surface area contributed by atoms with Gasteiger partial charge in [-0.05, 0) is 32.1 Å². The summed E-state index contributed by atoms with van der Waals surface area (Å²) >= 11 is 0. The molecule has 0 aromatic carbocycles. The van der Waals surface area contributed by atoms with Crippen molar-refractivity contribution in [1.82, 2.24) is 5.32 Å². The van der Waals surface area contributed by atoms with Crippen molar-refractivity contribution in [2.24, 2.45) is 11.7 Å². The van der Waals surface area contributed by atoms with Gasteiger partial charge in [-0.1, -0.05) is 25.7 Å². The van der Waals surface area contributed by atoms with E-state index in [1.165, 1.54) is 32.1 Å². The molecule has 0 radical (unpaired) electrons. The summed E-state index contributed by atoms with van der Waals surface area (Å²) in [6, 6.07) is 0. The molecule has 0 atom stereocenters. The minimum absolute atomic E-state index is 0. The number of rotatable bonds is 3. The van der Waals surface area contributed by atoms with Crippen LogP contribution in [0.5, 0.6) is 0 Å². The number of hydrogen-bond donors (Lipinski definition) is 2. The third-order valence-electron chi connectivity index (χ3n) is 4.19. The minimum atomic E-state index is -0.0829. The van der Waals surface area contributed by atoms with E-state index in [0.717, 1.165) is 25.7 Å². The second-order valence-electron chi connectivity index (χ2n) is 5.62. The van der Waals surface area contributed by atoms with Crippen LogP contribution in [-0.2, 0) is 4.79 Å². The van der Waals surface area contributed by atoms with Gasteiger partial charge >= 0.3 is 0 Å². The quantitative estimate of drug-likeness (QED) is 0.766. The Morgan fingerprint density at radius 3 is 2.18 bits per heavy atom. The van der Waals surface area contributed by atoms with Gasteiger partial charge in [0.25, 0.3) is 0 Å². The van der Waals surface area contributed by atoms with Gasteiger partial charge in [0.15, 0.2) is 0 Å². The summed E-state index contributed by atoms with van der Waals surface area (Å²) in [5.74, 6) is 0.504. The lowest BCUT2D eigenvalue weighted by atomic mass is 9.77. The van der Waals surface area contributed by atoms with E-state index in [0.29, 0.717) is 6.54 Å². The van der Waals surface area contributed by atoms with Crippen molar-refractivity contribution in [3.63, 3.8) is 0 Å². The molecular formula is C13H25ClN2O. The normalized spacial score (nSPS) is 24.1. The number of amides is 1. The van der Waals surface area contributed by atoms with Crippen LogP contribution in [0.2, 0.25) is 0 Å². The van der Waals surface area contributed by atoms with Crippen LogP contribution in [0.4, 0.5) is 0 Å². The van der Waals surface area contributed by atoms with Crippen molar-refractivity contribution in [3.8, 4) is 0 Å². The summed E-state index contributed by atoms with van der Waals surface area (Å²) < 4.78 is 0. The van der Waals surface area contributed by atoms with Gasteiger partial charge in [-0.25, -0.2) is 0 Å². The number of halogens is 1. The van der Waals surface area contributed by atoms with E-state index in [1.807, 2.05) is 0 Å². The maximum absolute atomic E-state index is 12.0. The fraction of sp³-hybridized carbons (Fsp3) is 0.923. The Kier molecular flexibility index (Phi) is 5.74. The summed E-state index contributed by atoms with van der Waals surface area (Å²) in [7, 11) is 0. The van der Waals surface area contributed by atoms with Crippen LogP contribution < -0.4 is 11.1 Å². The molecule has 0 aromatic rings. The second kappa shape index (κ2) is 6.60. The van der Waals surface area contributed by atoms with Crippen LogP contribution in [-0.4, -0.2) is 18.0 Å². The summed E-state index contributed by atoms with van der Waals surface area (Å²) in [4.78, 5) is 12.0. The second-order valence-corrected chi connectivity index (χ2v) is 5.62. The van der Waals surface area contributed by atoms with Crippen molar-refractivity contribution in [1.29, 1.82) is 0 Å². The van der Waals surface area contributed by atoms with Crippen LogP contribution in [0.25, 0.3) is 0 Å². The van der Waals surface area contributed by atoms with Gasteiger partial charge in [-0.2, -0.15) is 0 Å². The number of carbonyl (C=O) groups is 1. The van der Waals surface area contributed by atoms with Crippen molar-refractivity contribution < 1.29 is 4.79 Å². The minimum Gasteiger partial charge on any atom is -0.354 e. The lowest BCUT2D eigenvalue weighted by Crippen LogP contribution is -2.55. The van der Waals surface area contributed by atoms with E-state index in [2.05, 4.69) is 5.32 Å². The zero-order valence-electron chi connectivity index (χ0n) is 10.5. The molecule has 0 saturated heterocycles. The summed E-state index contributed by atoms with van der Waals surface area (Å²) in [6.45, 7) is 0.683. The molecule has 3 N–H and O–H groups in total. The maximum Gasteiger partial charge on any atom is 0.223 e. The predicted octanol–water partition coefficient (Wildman–Crippen LogP) is 2.38. The molecule has 2 saturated carbocycles. The van der Waals surface area contributed by atoms with E-state index in [1.54, 1.807) is 0 Å². The first-order valence-electron chi connectivity index (χ1n) is 6.76. The topological polar surface area (TPSA) is 55.1 Å². The maximum atomic E-state index is 12.0. The fourth-order valence-corrected chi connectivity index (χ4v) is 2.76.